The highest BCUT2D eigenvalue weighted by Crippen LogP contribution is 2.18. The average molecular weight is 292 g/mol. The Morgan fingerprint density at radius 3 is 2.90 bits per heavy atom. The standard InChI is InChI=1S/C14H14F2N4O/c1-9(14(21)11-3-2-10(15)6-12(11)16)19-4-5-20-8-17-18-13(20)7-19/h2-3,6,8-9H,4-5,7H2,1H3. The molecule has 0 amide bonds. The van der Waals surface area contributed by atoms with Crippen molar-refractivity contribution in [2.75, 3.05) is 6.54 Å². The number of aromatic nitrogens is 3. The highest BCUT2D eigenvalue weighted by Gasteiger charge is 2.28. The van der Waals surface area contributed by atoms with Crippen LogP contribution in [0.2, 0.25) is 0 Å². The molecule has 1 aliphatic rings. The Kier molecular flexibility index (Phi) is 3.50. The molecule has 110 valence electrons. The van der Waals surface area contributed by atoms with Gasteiger partial charge in [-0.3, -0.25) is 9.69 Å². The van der Waals surface area contributed by atoms with E-state index in [1.165, 1.54) is 6.07 Å². The molecule has 0 saturated heterocycles. The molecular formula is C14H14F2N4O. The van der Waals surface area contributed by atoms with Crippen LogP contribution in [0.5, 0.6) is 0 Å². The second kappa shape index (κ2) is 5.33. The fourth-order valence-corrected chi connectivity index (χ4v) is 2.50. The highest BCUT2D eigenvalue weighted by molar-refractivity contribution is 6.00. The van der Waals surface area contributed by atoms with E-state index in [0.717, 1.165) is 18.0 Å². The van der Waals surface area contributed by atoms with Crippen LogP contribution in [0.1, 0.15) is 23.1 Å². The van der Waals surface area contributed by atoms with Gasteiger partial charge < -0.3 is 4.57 Å². The van der Waals surface area contributed by atoms with Gasteiger partial charge in [0.05, 0.1) is 18.2 Å². The summed E-state index contributed by atoms with van der Waals surface area (Å²) in [6.07, 6.45) is 1.65. The minimum absolute atomic E-state index is 0.0871. The molecule has 0 saturated carbocycles. The molecule has 3 rings (SSSR count). The summed E-state index contributed by atoms with van der Waals surface area (Å²) in [5, 5.41) is 7.81. The van der Waals surface area contributed by atoms with Crippen molar-refractivity contribution in [2.24, 2.45) is 0 Å². The first-order chi connectivity index (χ1) is 10.1. The van der Waals surface area contributed by atoms with E-state index >= 15 is 0 Å². The molecule has 0 spiro atoms. The van der Waals surface area contributed by atoms with Crippen LogP contribution in [0.4, 0.5) is 8.78 Å². The molecule has 1 aromatic carbocycles. The summed E-state index contributed by atoms with van der Waals surface area (Å²) in [4.78, 5) is 14.3. The van der Waals surface area contributed by atoms with Gasteiger partial charge in [-0.2, -0.15) is 0 Å². The minimum Gasteiger partial charge on any atom is -0.315 e. The fourth-order valence-electron chi connectivity index (χ4n) is 2.50. The second-order valence-corrected chi connectivity index (χ2v) is 5.08. The van der Waals surface area contributed by atoms with Gasteiger partial charge in [-0.1, -0.05) is 0 Å². The van der Waals surface area contributed by atoms with Crippen LogP contribution in [-0.4, -0.2) is 38.0 Å². The van der Waals surface area contributed by atoms with E-state index in [1.54, 1.807) is 13.3 Å². The number of halogens is 2. The van der Waals surface area contributed by atoms with Crippen LogP contribution in [0.15, 0.2) is 24.5 Å². The summed E-state index contributed by atoms with van der Waals surface area (Å²) in [7, 11) is 0. The lowest BCUT2D eigenvalue weighted by Crippen LogP contribution is -2.44. The van der Waals surface area contributed by atoms with Crippen molar-refractivity contribution < 1.29 is 13.6 Å². The molecule has 2 aromatic rings. The maximum atomic E-state index is 13.7. The van der Waals surface area contributed by atoms with Crippen molar-refractivity contribution in [1.29, 1.82) is 0 Å². The van der Waals surface area contributed by atoms with E-state index in [0.29, 0.717) is 19.6 Å². The van der Waals surface area contributed by atoms with Crippen molar-refractivity contribution in [3.8, 4) is 0 Å². The van der Waals surface area contributed by atoms with Crippen LogP contribution in [0.3, 0.4) is 0 Å². The number of hydrogen-bond donors (Lipinski definition) is 0. The monoisotopic (exact) mass is 292 g/mol. The Morgan fingerprint density at radius 2 is 2.14 bits per heavy atom. The van der Waals surface area contributed by atoms with Crippen LogP contribution >= 0.6 is 0 Å². The zero-order chi connectivity index (χ0) is 15.0. The predicted molar refractivity (Wildman–Crippen MR) is 70.6 cm³/mol. The van der Waals surface area contributed by atoms with E-state index in [9.17, 15) is 13.6 Å². The van der Waals surface area contributed by atoms with E-state index in [2.05, 4.69) is 10.2 Å². The number of fused-ring (bicyclic) bond motifs is 1. The van der Waals surface area contributed by atoms with Gasteiger partial charge in [0.2, 0.25) is 0 Å². The number of nitrogens with zero attached hydrogens (tertiary/aromatic N) is 4. The van der Waals surface area contributed by atoms with E-state index in [4.69, 9.17) is 0 Å². The third-order valence-electron chi connectivity index (χ3n) is 3.79. The first kappa shape index (κ1) is 13.8. The van der Waals surface area contributed by atoms with Crippen molar-refractivity contribution in [2.45, 2.75) is 26.1 Å². The molecule has 0 bridgehead atoms. The Labute approximate surface area is 120 Å². The van der Waals surface area contributed by atoms with Crippen molar-refractivity contribution in [3.63, 3.8) is 0 Å². The zero-order valence-corrected chi connectivity index (χ0v) is 11.5. The second-order valence-electron chi connectivity index (χ2n) is 5.08. The Morgan fingerprint density at radius 1 is 1.33 bits per heavy atom. The normalized spacial score (nSPS) is 16.5. The van der Waals surface area contributed by atoms with Crippen molar-refractivity contribution >= 4 is 5.78 Å². The predicted octanol–water partition coefficient (Wildman–Crippen LogP) is 1.64. The Bertz CT molecular complexity index is 685. The molecule has 7 heteroatoms. The number of benzene rings is 1. The summed E-state index contributed by atoms with van der Waals surface area (Å²) in [5.74, 6) is -1.10. The summed E-state index contributed by atoms with van der Waals surface area (Å²) in [6.45, 7) is 3.54. The largest absolute Gasteiger partial charge is 0.315 e. The minimum atomic E-state index is -0.827. The molecule has 1 aromatic heterocycles. The first-order valence-electron chi connectivity index (χ1n) is 6.66. The molecule has 0 aliphatic carbocycles. The van der Waals surface area contributed by atoms with Crippen LogP contribution in [0, 0.1) is 11.6 Å². The molecule has 1 aliphatic heterocycles. The molecule has 5 nitrogen and oxygen atoms in total. The molecule has 21 heavy (non-hydrogen) atoms. The fraction of sp³-hybridized carbons (Fsp3) is 0.357. The smallest absolute Gasteiger partial charge is 0.182 e. The third-order valence-corrected chi connectivity index (χ3v) is 3.79. The summed E-state index contributed by atoms with van der Waals surface area (Å²) >= 11 is 0. The van der Waals surface area contributed by atoms with E-state index < -0.39 is 17.7 Å². The Balaban J connectivity index is 1.79. The number of carbonyl (C=O) groups excluding carboxylic acids is 1. The number of Topliss-reactive ketones (excluding diaryl/α,β-unsaturated/α-hetero) is 1. The summed E-state index contributed by atoms with van der Waals surface area (Å²) in [5.41, 5.74) is -0.0871. The van der Waals surface area contributed by atoms with E-state index in [-0.39, 0.29) is 11.3 Å². The maximum Gasteiger partial charge on any atom is 0.182 e. The SMILES string of the molecule is CC(C(=O)c1ccc(F)cc1F)N1CCn2cnnc2C1. The summed E-state index contributed by atoms with van der Waals surface area (Å²) < 4.78 is 28.6. The van der Waals surface area contributed by atoms with Gasteiger partial charge in [0.15, 0.2) is 5.78 Å². The molecule has 1 atom stereocenters. The van der Waals surface area contributed by atoms with Crippen molar-refractivity contribution in [3.05, 3.63) is 47.5 Å². The molecular weight excluding hydrogens is 278 g/mol. The molecule has 0 fully saturated rings. The van der Waals surface area contributed by atoms with Gasteiger partial charge in [0.1, 0.15) is 23.8 Å². The number of carbonyl (C=O) groups is 1. The zero-order valence-electron chi connectivity index (χ0n) is 11.5. The first-order valence-corrected chi connectivity index (χ1v) is 6.66. The quantitative estimate of drug-likeness (QED) is 0.807. The number of ketones is 1. The van der Waals surface area contributed by atoms with Crippen molar-refractivity contribution in [1.82, 2.24) is 19.7 Å². The van der Waals surface area contributed by atoms with Gasteiger partial charge in [-0.15, -0.1) is 10.2 Å². The van der Waals surface area contributed by atoms with Crippen LogP contribution in [0.25, 0.3) is 0 Å². The molecule has 1 unspecified atom stereocenters. The molecule has 0 N–H and O–H groups in total. The maximum absolute atomic E-state index is 13.7. The average Bonchev–Trinajstić information content (AvgIpc) is 2.93. The van der Waals surface area contributed by atoms with E-state index in [1.807, 2.05) is 9.47 Å². The van der Waals surface area contributed by atoms with Crippen LogP contribution < -0.4 is 0 Å². The lowest BCUT2D eigenvalue weighted by molar-refractivity contribution is 0.0788. The lowest BCUT2D eigenvalue weighted by atomic mass is 10.0. The molecule has 0 radical (unpaired) electrons. The highest BCUT2D eigenvalue weighted by atomic mass is 19.1. The number of rotatable bonds is 3. The van der Waals surface area contributed by atoms with Crippen LogP contribution in [-0.2, 0) is 13.1 Å². The van der Waals surface area contributed by atoms with Gasteiger partial charge in [-0.05, 0) is 19.1 Å². The topological polar surface area (TPSA) is 51.0 Å². The van der Waals surface area contributed by atoms with Gasteiger partial charge >= 0.3 is 0 Å². The lowest BCUT2D eigenvalue weighted by Gasteiger charge is -2.31. The van der Waals surface area contributed by atoms with Gasteiger partial charge in [-0.25, -0.2) is 8.78 Å². The molecule has 2 heterocycles. The summed E-state index contributed by atoms with van der Waals surface area (Å²) in [6, 6.07) is 2.51. The van der Waals surface area contributed by atoms with Gasteiger partial charge in [0, 0.05) is 19.2 Å². The van der Waals surface area contributed by atoms with Gasteiger partial charge in [0.25, 0.3) is 0 Å². The Hall–Kier alpha value is -2.15. The number of hydrogen-bond acceptors (Lipinski definition) is 4. The third kappa shape index (κ3) is 2.56.